The van der Waals surface area contributed by atoms with Crippen LogP contribution in [0, 0.1) is 5.82 Å². The molecule has 1 aromatic heterocycles. The van der Waals surface area contributed by atoms with Crippen LogP contribution < -0.4 is 9.62 Å². The number of anilines is 1. The zero-order valence-electron chi connectivity index (χ0n) is 24.5. The van der Waals surface area contributed by atoms with Gasteiger partial charge < -0.3 is 14.5 Å². The molecule has 5 rings (SSSR count). The maximum absolute atomic E-state index is 13.7. The minimum absolute atomic E-state index is 0.0153. The number of halogens is 1. The molecule has 0 spiro atoms. The van der Waals surface area contributed by atoms with Gasteiger partial charge in [-0.25, -0.2) is 12.8 Å². The number of ketones is 1. The Labute approximate surface area is 250 Å². The quantitative estimate of drug-likeness (QED) is 0.146. The van der Waals surface area contributed by atoms with Gasteiger partial charge in [0.2, 0.25) is 10.0 Å². The summed E-state index contributed by atoms with van der Waals surface area (Å²) in [7, 11) is -2.30. The molecular formula is C33H35FN2O6S. The van der Waals surface area contributed by atoms with E-state index in [1.54, 1.807) is 12.1 Å². The molecular weight excluding hydrogens is 571 g/mol. The van der Waals surface area contributed by atoms with Crippen LogP contribution in [0.3, 0.4) is 0 Å². The molecule has 0 aliphatic heterocycles. The molecule has 0 saturated heterocycles. The number of nitrogens with zero attached hydrogens (tertiary/aromatic N) is 1. The Morgan fingerprint density at radius 1 is 1.07 bits per heavy atom. The smallest absolute Gasteiger partial charge is 0.255 e. The van der Waals surface area contributed by atoms with Crippen molar-refractivity contribution in [2.75, 3.05) is 37.4 Å². The zero-order chi connectivity index (χ0) is 30.7. The summed E-state index contributed by atoms with van der Waals surface area (Å²) >= 11 is 0. The van der Waals surface area contributed by atoms with Crippen molar-refractivity contribution in [2.45, 2.75) is 38.5 Å². The molecule has 4 aromatic rings. The molecule has 1 fully saturated rings. The Balaban J connectivity index is 1.45. The van der Waals surface area contributed by atoms with Crippen LogP contribution in [0.25, 0.3) is 22.3 Å². The van der Waals surface area contributed by atoms with E-state index in [1.165, 1.54) is 42.5 Å². The van der Waals surface area contributed by atoms with E-state index in [4.69, 9.17) is 9.15 Å². The van der Waals surface area contributed by atoms with E-state index >= 15 is 0 Å². The molecule has 1 heterocycles. The first-order valence-electron chi connectivity index (χ1n) is 14.3. The van der Waals surface area contributed by atoms with Gasteiger partial charge in [-0.05, 0) is 86.1 Å². The number of carbonyl (C=O) groups excluding carboxylic acids is 2. The van der Waals surface area contributed by atoms with Gasteiger partial charge in [0.25, 0.3) is 5.91 Å². The largest absolute Gasteiger partial charge is 0.455 e. The third kappa shape index (κ3) is 6.81. The number of Topliss-reactive ketones (excluding diaryl/α,β-unsaturated/α-hetero) is 1. The Bertz CT molecular complexity index is 1760. The molecule has 1 amide bonds. The van der Waals surface area contributed by atoms with Gasteiger partial charge in [-0.15, -0.1) is 0 Å². The van der Waals surface area contributed by atoms with Crippen LogP contribution in [-0.4, -0.2) is 53.2 Å². The number of nitrogens with one attached hydrogen (secondary N) is 1. The van der Waals surface area contributed by atoms with Gasteiger partial charge in [0, 0.05) is 24.8 Å². The molecule has 1 aliphatic rings. The Morgan fingerprint density at radius 3 is 2.47 bits per heavy atom. The van der Waals surface area contributed by atoms with Crippen molar-refractivity contribution in [3.05, 3.63) is 88.7 Å². The third-order valence-corrected chi connectivity index (χ3v) is 8.78. The summed E-state index contributed by atoms with van der Waals surface area (Å²) < 4.78 is 53.7. The SMILES string of the molecule is CNC(=O)c1c(-c2ccc(F)cc2)oc2ccc(C3CC3)c(N(CCOCCCc3cccc(C(C)=O)c3)S(C)(=O)=O)c12. The zero-order valence-corrected chi connectivity index (χ0v) is 25.3. The highest BCUT2D eigenvalue weighted by atomic mass is 32.2. The molecule has 8 nitrogen and oxygen atoms in total. The van der Waals surface area contributed by atoms with E-state index in [9.17, 15) is 22.4 Å². The lowest BCUT2D eigenvalue weighted by molar-refractivity contribution is 0.0963. The number of hydrogen-bond donors (Lipinski definition) is 1. The van der Waals surface area contributed by atoms with E-state index in [1.807, 2.05) is 24.3 Å². The summed E-state index contributed by atoms with van der Waals surface area (Å²) in [6.45, 7) is 2.13. The number of carbonyl (C=O) groups is 2. The van der Waals surface area contributed by atoms with Crippen molar-refractivity contribution >= 4 is 38.4 Å². The van der Waals surface area contributed by atoms with Crippen LogP contribution in [0.4, 0.5) is 10.1 Å². The van der Waals surface area contributed by atoms with Gasteiger partial charge in [-0.1, -0.05) is 24.3 Å². The lowest BCUT2D eigenvalue weighted by atomic mass is 9.99. The number of hydrogen-bond acceptors (Lipinski definition) is 6. The summed E-state index contributed by atoms with van der Waals surface area (Å²) in [5.41, 5.74) is 4.01. The molecule has 1 aliphatic carbocycles. The average Bonchev–Trinajstić information content (AvgIpc) is 3.75. The predicted octanol–water partition coefficient (Wildman–Crippen LogP) is 6.09. The summed E-state index contributed by atoms with van der Waals surface area (Å²) in [6.07, 6.45) is 4.39. The highest BCUT2D eigenvalue weighted by Gasteiger charge is 2.35. The molecule has 0 radical (unpaired) electrons. The highest BCUT2D eigenvalue weighted by molar-refractivity contribution is 7.92. The maximum atomic E-state index is 13.7. The van der Waals surface area contributed by atoms with Gasteiger partial charge in [0.05, 0.1) is 36.0 Å². The lowest BCUT2D eigenvalue weighted by Gasteiger charge is -2.26. The van der Waals surface area contributed by atoms with Crippen molar-refractivity contribution in [3.63, 3.8) is 0 Å². The fourth-order valence-electron chi connectivity index (χ4n) is 5.35. The normalized spacial score (nSPS) is 13.3. The monoisotopic (exact) mass is 606 g/mol. The number of furan rings is 1. The fourth-order valence-corrected chi connectivity index (χ4v) is 6.28. The second-order valence-corrected chi connectivity index (χ2v) is 12.8. The van der Waals surface area contributed by atoms with E-state index in [0.29, 0.717) is 40.8 Å². The Kier molecular flexibility index (Phi) is 8.98. The van der Waals surface area contributed by atoms with Crippen molar-refractivity contribution in [3.8, 4) is 11.3 Å². The number of ether oxygens (including phenoxy) is 1. The number of benzene rings is 3. The second kappa shape index (κ2) is 12.7. The molecule has 10 heteroatoms. The summed E-state index contributed by atoms with van der Waals surface area (Å²) in [5.74, 6) is -0.447. The predicted molar refractivity (Wildman–Crippen MR) is 165 cm³/mol. The van der Waals surface area contributed by atoms with Crippen molar-refractivity contribution in [2.24, 2.45) is 0 Å². The summed E-state index contributed by atoms with van der Waals surface area (Å²) in [5, 5.41) is 3.06. The maximum Gasteiger partial charge on any atom is 0.255 e. The van der Waals surface area contributed by atoms with Crippen molar-refractivity contribution < 1.29 is 31.6 Å². The van der Waals surface area contributed by atoms with Gasteiger partial charge in [0.15, 0.2) is 5.78 Å². The average molecular weight is 607 g/mol. The Hall–Kier alpha value is -4.02. The minimum atomic E-state index is -3.80. The van der Waals surface area contributed by atoms with Crippen LogP contribution in [-0.2, 0) is 21.2 Å². The number of fused-ring (bicyclic) bond motifs is 1. The molecule has 1 saturated carbocycles. The van der Waals surface area contributed by atoms with Crippen LogP contribution in [0.15, 0.2) is 65.1 Å². The van der Waals surface area contributed by atoms with Crippen LogP contribution >= 0.6 is 0 Å². The molecule has 226 valence electrons. The molecule has 43 heavy (non-hydrogen) atoms. The Morgan fingerprint density at radius 2 is 1.81 bits per heavy atom. The van der Waals surface area contributed by atoms with Gasteiger partial charge in [-0.3, -0.25) is 13.9 Å². The van der Waals surface area contributed by atoms with Crippen molar-refractivity contribution in [1.29, 1.82) is 0 Å². The molecule has 3 aromatic carbocycles. The number of sulfonamides is 1. The molecule has 0 unspecified atom stereocenters. The van der Waals surface area contributed by atoms with Crippen LogP contribution in [0.2, 0.25) is 0 Å². The topological polar surface area (TPSA) is 106 Å². The van der Waals surface area contributed by atoms with Crippen LogP contribution in [0.5, 0.6) is 0 Å². The van der Waals surface area contributed by atoms with Crippen LogP contribution in [0.1, 0.15) is 63.9 Å². The summed E-state index contributed by atoms with van der Waals surface area (Å²) in [6, 6.07) is 16.8. The highest BCUT2D eigenvalue weighted by Crippen LogP contribution is 2.49. The first-order valence-corrected chi connectivity index (χ1v) is 16.2. The van der Waals surface area contributed by atoms with E-state index < -0.39 is 21.7 Å². The molecule has 1 N–H and O–H groups in total. The molecule has 0 bridgehead atoms. The first kappa shape index (κ1) is 30.4. The minimum Gasteiger partial charge on any atom is -0.455 e. The number of amides is 1. The molecule has 0 atom stereocenters. The van der Waals surface area contributed by atoms with Gasteiger partial charge in [0.1, 0.15) is 17.2 Å². The second-order valence-electron chi connectivity index (χ2n) is 10.9. The van der Waals surface area contributed by atoms with E-state index in [2.05, 4.69) is 5.32 Å². The standard InChI is InChI=1S/C33H35FN2O6S/c1-21(37)25-8-4-6-22(20-25)7-5-18-41-19-17-36(43(3,39)40)31-27(23-9-10-23)15-16-28-29(31)30(33(38)35-2)32(42-28)24-11-13-26(34)14-12-24/h4,6,8,11-16,20,23H,5,7,9-10,17-19H2,1-3H3,(H,35,38). The van der Waals surface area contributed by atoms with E-state index in [-0.39, 0.29) is 36.2 Å². The first-order chi connectivity index (χ1) is 20.6. The van der Waals surface area contributed by atoms with Crippen molar-refractivity contribution in [1.82, 2.24) is 5.32 Å². The number of aryl methyl sites for hydroxylation is 1. The van der Waals surface area contributed by atoms with E-state index in [0.717, 1.165) is 36.6 Å². The fraction of sp³-hybridized carbons (Fsp3) is 0.333. The van der Waals surface area contributed by atoms with Gasteiger partial charge >= 0.3 is 0 Å². The third-order valence-electron chi connectivity index (χ3n) is 7.61. The number of rotatable bonds is 13. The lowest BCUT2D eigenvalue weighted by Crippen LogP contribution is -2.34. The summed E-state index contributed by atoms with van der Waals surface area (Å²) in [4.78, 5) is 25.0. The van der Waals surface area contributed by atoms with Gasteiger partial charge in [-0.2, -0.15) is 0 Å².